The molecule has 0 aliphatic carbocycles. The quantitative estimate of drug-likeness (QED) is 0.0737. The Morgan fingerprint density at radius 3 is 0.968 bits per heavy atom. The largest absolute Gasteiger partial charge is 0.481 e. The van der Waals surface area contributed by atoms with Gasteiger partial charge in [-0.15, -0.1) is 0 Å². The second kappa shape index (κ2) is 73.3. The Morgan fingerprint density at radius 1 is 0.341 bits per heavy atom. The Labute approximate surface area is 755 Å². The van der Waals surface area contributed by atoms with Crippen LogP contribution in [0.15, 0.2) is 299 Å². The van der Waals surface area contributed by atoms with Gasteiger partial charge in [0, 0.05) is 202 Å². The predicted molar refractivity (Wildman–Crippen MR) is 511 cm³/mol. The first-order valence-electron chi connectivity index (χ1n) is 42.0. The van der Waals surface area contributed by atoms with Gasteiger partial charge in [-0.05, 0) is 176 Å². The number of hydrogen-bond acceptors (Lipinski definition) is 27. The van der Waals surface area contributed by atoms with Gasteiger partial charge in [0.05, 0.1) is 59.5 Å². The zero-order chi connectivity index (χ0) is 87.0. The lowest BCUT2D eigenvalue weighted by Gasteiger charge is -2.33. The van der Waals surface area contributed by atoms with Gasteiger partial charge in [0.25, 0.3) is 0 Å². The number of morpholine rings is 2. The van der Waals surface area contributed by atoms with E-state index in [0.717, 1.165) is 122 Å². The fourth-order valence-electron chi connectivity index (χ4n) is 11.2. The average Bonchev–Trinajstić information content (AvgIpc) is 1.51. The summed E-state index contributed by atoms with van der Waals surface area (Å²) in [5.41, 5.74) is 0. The minimum atomic E-state index is 0. The first-order chi connectivity index (χ1) is 60.6. The van der Waals surface area contributed by atoms with E-state index < -0.39 is 0 Å². The van der Waals surface area contributed by atoms with Crippen molar-refractivity contribution in [1.29, 1.82) is 0 Å². The maximum absolute atomic E-state index is 8.37. The van der Waals surface area contributed by atoms with Crippen LogP contribution in [0.3, 0.4) is 0 Å². The lowest BCUT2D eigenvalue weighted by Crippen LogP contribution is -2.44. The van der Waals surface area contributed by atoms with Gasteiger partial charge in [-0.1, -0.05) is 114 Å². The van der Waals surface area contributed by atoms with Crippen LogP contribution < -0.4 is 48.0 Å². The number of methoxy groups -OCH3 is 1. The number of ether oxygens (including phenoxy) is 8. The summed E-state index contributed by atoms with van der Waals surface area (Å²) >= 11 is 5.43. The zero-order valence-electron chi connectivity index (χ0n) is 72.3. The zero-order valence-corrected chi connectivity index (χ0v) is 73.1. The number of aromatic nitrogens is 12. The van der Waals surface area contributed by atoms with Crippen LogP contribution >= 0.6 is 11.6 Å². The Bertz CT molecular complexity index is 4160. The summed E-state index contributed by atoms with van der Waals surface area (Å²) < 4.78 is 41.5. The SMILES string of the molecule is C.C.C.CC(C)Oc1ccccn1.CCCOc1ccccn1.CCOc1ccccn1.CN1CCN(c2ccccn2)CC1.COc1ccccn1.Clc1ccccn1.OCCOc1ccccn1.c1ccc(N2CCCC2)nc1.c1ccc(N2CCCCC2)nc1.c1ccc(N2CCOCC2)nc1.c1ccc(OCCN2CCOCC2)nc1.c1ccncc1. The number of aliphatic hydroxyl groups excluding tert-OH is 1. The van der Waals surface area contributed by atoms with Gasteiger partial charge in [0.15, 0.2) is 0 Å². The van der Waals surface area contributed by atoms with Gasteiger partial charge in [0.2, 0.25) is 35.3 Å². The van der Waals surface area contributed by atoms with Crippen LogP contribution in [0.2, 0.25) is 5.15 Å². The molecule has 5 aliphatic rings. The molecule has 12 aromatic heterocycles. The number of rotatable bonds is 19. The Balaban J connectivity index is 0.000000356. The second-order valence-corrected chi connectivity index (χ2v) is 27.5. The van der Waals surface area contributed by atoms with Gasteiger partial charge in [-0.2, -0.15) is 0 Å². The smallest absolute Gasteiger partial charge is 0.213 e. The van der Waals surface area contributed by atoms with Crippen molar-refractivity contribution in [3.05, 3.63) is 304 Å². The molecule has 0 radical (unpaired) electrons. The van der Waals surface area contributed by atoms with Gasteiger partial charge in [0.1, 0.15) is 41.6 Å². The molecule has 0 bridgehead atoms. The predicted octanol–water partition coefficient (Wildman–Crippen LogP) is 17.8. The molecule has 0 amide bonds. The second-order valence-electron chi connectivity index (χ2n) is 27.1. The van der Waals surface area contributed by atoms with E-state index in [1.807, 2.05) is 221 Å². The molecule has 5 fully saturated rings. The average molecular weight is 1750 g/mol. The summed E-state index contributed by atoms with van der Waals surface area (Å²) in [6.07, 6.45) is 30.7. The van der Waals surface area contributed by atoms with Gasteiger partial charge >= 0.3 is 0 Å². The van der Waals surface area contributed by atoms with Crippen molar-refractivity contribution in [2.75, 3.05) is 178 Å². The lowest BCUT2D eigenvalue weighted by atomic mass is 10.1. The van der Waals surface area contributed by atoms with E-state index in [0.29, 0.717) is 60.3 Å². The Morgan fingerprint density at radius 2 is 0.667 bits per heavy atom. The van der Waals surface area contributed by atoms with Crippen LogP contribution in [0, 0.1) is 0 Å². The van der Waals surface area contributed by atoms with Crippen molar-refractivity contribution in [3.63, 3.8) is 0 Å². The molecule has 680 valence electrons. The van der Waals surface area contributed by atoms with Crippen molar-refractivity contribution >= 4 is 34.9 Å². The van der Waals surface area contributed by atoms with Crippen molar-refractivity contribution in [2.24, 2.45) is 0 Å². The summed E-state index contributed by atoms with van der Waals surface area (Å²) in [6.45, 7) is 27.8. The van der Waals surface area contributed by atoms with Gasteiger partial charge < -0.3 is 67.5 Å². The molecule has 0 unspecified atom stereocenters. The van der Waals surface area contributed by atoms with E-state index in [9.17, 15) is 0 Å². The fraction of sp³-hybridized carbons (Fsp3) is 0.388. The van der Waals surface area contributed by atoms with Gasteiger partial charge in [-0.3, -0.25) is 9.88 Å². The van der Waals surface area contributed by atoms with Crippen molar-refractivity contribution in [1.82, 2.24) is 69.6 Å². The molecule has 17 rings (SSSR count). The summed E-state index contributed by atoms with van der Waals surface area (Å²) in [4.78, 5) is 62.5. The van der Waals surface area contributed by atoms with Crippen LogP contribution in [0.25, 0.3) is 0 Å². The summed E-state index contributed by atoms with van der Waals surface area (Å²) in [7, 11) is 3.76. The van der Waals surface area contributed by atoms with Crippen LogP contribution in [-0.4, -0.2) is 240 Å². The molecule has 12 aromatic rings. The van der Waals surface area contributed by atoms with Crippen molar-refractivity contribution in [2.45, 2.75) is 94.6 Å². The summed E-state index contributed by atoms with van der Waals surface area (Å²) in [5.74, 6) is 8.44. The third-order valence-corrected chi connectivity index (χ3v) is 17.5. The molecule has 1 N–H and O–H groups in total. The van der Waals surface area contributed by atoms with E-state index in [1.165, 1.54) is 58.3 Å². The van der Waals surface area contributed by atoms with E-state index >= 15 is 0 Å². The monoisotopic (exact) mass is 1750 g/mol. The maximum atomic E-state index is 8.37. The lowest BCUT2D eigenvalue weighted by molar-refractivity contribution is 0.0320. The number of nitrogens with zero attached hydrogens (tertiary/aromatic N) is 18. The highest BCUT2D eigenvalue weighted by Crippen LogP contribution is 2.19. The highest BCUT2D eigenvalue weighted by Gasteiger charge is 2.16. The number of piperazine rings is 1. The molecular weight excluding hydrogens is 1610 g/mol. The minimum absolute atomic E-state index is 0. The van der Waals surface area contributed by atoms with E-state index in [4.69, 9.17) is 54.6 Å². The standard InChI is InChI=1S/C11H16N2O2.C10H15N3.C10H14N2.C9H12N2O.C9H12N2.2C8H11NO.C7H9NO2.C7H9NO.C6H7NO.C5H4ClN.C5H5N.3CH4/c1-2-4-12-11(3-1)15-10-7-13-5-8-14-9-6-13;1-12-6-8-13(9-7-12)10-4-2-3-5-11-10;1-4-8-12(9-5-1)10-6-2-3-7-11-10;1-2-4-10-9(3-1)11-5-7-12-8-6-11;1-2-6-10-9(5-1)11-7-3-4-8-11;1-7(2)10-8-5-3-4-6-9-8;1-2-7-10-8-5-3-4-6-9-8;9-5-6-10-7-3-1-2-4-8-7;1-2-9-7-5-3-4-6-8-7;1-8-6-4-2-3-5-7-6;6-5-3-1-2-4-7-5;1-2-4-6-5-3-1;;;/h1-4H,5-10H2;2-5H,6-9H2,1H3;2-3,6-7H,1,4-5,8-9H2;1-4H,5-8H2;1-2,5-6H,3-4,7-8H2;3-7H,1-2H3;3-6H,2,7H2,1H3;1-4,9H,5-6H2;3-6H,2H2,1H3;2-5H,1H3;1-4H;1-5H;3*1H4. The normalized spacial score (nSPS) is 13.3. The third kappa shape index (κ3) is 52.5. The molecule has 0 aromatic carbocycles. The van der Waals surface area contributed by atoms with E-state index in [1.54, 1.807) is 81.1 Å². The van der Waals surface area contributed by atoms with Crippen LogP contribution in [0.1, 0.15) is 88.5 Å². The molecular formula is C98H137ClN18O9. The number of halogens is 1. The number of piperidine rings is 1. The van der Waals surface area contributed by atoms with E-state index in [2.05, 4.69) is 127 Å². The van der Waals surface area contributed by atoms with Gasteiger partial charge in [-0.25, -0.2) is 54.8 Å². The fourth-order valence-corrected chi connectivity index (χ4v) is 11.3. The molecule has 0 atom stereocenters. The molecule has 126 heavy (non-hydrogen) atoms. The number of pyridine rings is 12. The van der Waals surface area contributed by atoms with Crippen LogP contribution in [0.4, 0.5) is 23.3 Å². The number of likely N-dealkylation sites (N-methyl/N-ethyl adjacent to an activating group) is 1. The topological polar surface area (TPSA) is 268 Å². The van der Waals surface area contributed by atoms with Crippen molar-refractivity contribution in [3.8, 4) is 35.3 Å². The molecule has 5 saturated heterocycles. The van der Waals surface area contributed by atoms with Crippen LogP contribution in [0.5, 0.6) is 35.3 Å². The third-order valence-electron chi connectivity index (χ3n) is 17.3. The minimum Gasteiger partial charge on any atom is -0.481 e. The number of anilines is 4. The molecule has 17 heterocycles. The first-order valence-corrected chi connectivity index (χ1v) is 42.4. The van der Waals surface area contributed by atoms with Crippen molar-refractivity contribution < 1.29 is 43.0 Å². The Kier molecular flexibility index (Phi) is 62.8. The number of aliphatic hydroxyl groups is 1. The highest BCUT2D eigenvalue weighted by atomic mass is 35.5. The molecule has 0 saturated carbocycles. The number of hydrogen-bond donors (Lipinski definition) is 1. The summed E-state index contributed by atoms with van der Waals surface area (Å²) in [6, 6.07) is 68.8. The highest BCUT2D eigenvalue weighted by molar-refractivity contribution is 6.29. The molecule has 27 nitrogen and oxygen atoms in total. The molecule has 28 heteroatoms. The first kappa shape index (κ1) is 108. The van der Waals surface area contributed by atoms with E-state index in [-0.39, 0.29) is 35.0 Å². The van der Waals surface area contributed by atoms with Crippen LogP contribution in [-0.2, 0) is 9.47 Å². The molecule has 0 spiro atoms. The maximum Gasteiger partial charge on any atom is 0.213 e. The Hall–Kier alpha value is -12.1. The summed E-state index contributed by atoms with van der Waals surface area (Å²) in [5, 5.41) is 8.92. The molecule has 5 aliphatic heterocycles.